The second-order valence-corrected chi connectivity index (χ2v) is 9.09. The number of rotatable bonds is 12. The molecule has 1 heterocycles. The summed E-state index contributed by atoms with van der Waals surface area (Å²) in [6, 6.07) is 3.53. The molecule has 29 heavy (non-hydrogen) atoms. The fourth-order valence-electron chi connectivity index (χ4n) is 2.49. The maximum atomic E-state index is 12.6. The van der Waals surface area contributed by atoms with Gasteiger partial charge >= 0.3 is 5.97 Å². The Labute approximate surface area is 177 Å². The van der Waals surface area contributed by atoms with Gasteiger partial charge in [0.25, 0.3) is 0 Å². The molecule has 0 N–H and O–H groups in total. The van der Waals surface area contributed by atoms with Crippen LogP contribution in [0.25, 0.3) is 0 Å². The number of ether oxygens (including phenoxy) is 1. The lowest BCUT2D eigenvalue weighted by Gasteiger charge is -2.26. The number of carbonyl (C=O) groups excluding carboxylic acids is 4. The Bertz CT molecular complexity index is 692. The third-order valence-electron chi connectivity index (χ3n) is 3.95. The molecule has 0 fully saturated rings. The van der Waals surface area contributed by atoms with Crippen LogP contribution in [0.1, 0.15) is 56.1 Å². The van der Waals surface area contributed by atoms with Crippen molar-refractivity contribution in [3.63, 3.8) is 0 Å². The Balaban J connectivity index is 2.51. The van der Waals surface area contributed by atoms with Gasteiger partial charge in [-0.2, -0.15) is 0 Å². The quantitative estimate of drug-likeness (QED) is 0.379. The lowest BCUT2D eigenvalue weighted by atomic mass is 10.1. The maximum Gasteiger partial charge on any atom is 0.326 e. The minimum Gasteiger partial charge on any atom is -0.459 e. The second-order valence-electron chi connectivity index (χ2n) is 8.14. The molecule has 0 aliphatic carbocycles. The molecule has 0 saturated carbocycles. The fourth-order valence-corrected chi connectivity index (χ4v) is 3.18. The monoisotopic (exact) mass is 424 g/mol. The highest BCUT2D eigenvalue weighted by Gasteiger charge is 2.22. The van der Waals surface area contributed by atoms with E-state index in [1.807, 2.05) is 24.4 Å². The predicted molar refractivity (Wildman–Crippen MR) is 113 cm³/mol. The van der Waals surface area contributed by atoms with Crippen LogP contribution < -0.4 is 0 Å². The number of hydrogen-bond acceptors (Lipinski definition) is 7. The molecule has 0 aliphatic rings. The Morgan fingerprint density at radius 3 is 2.21 bits per heavy atom. The molecule has 8 heteroatoms. The summed E-state index contributed by atoms with van der Waals surface area (Å²) >= 11 is 1.35. The highest BCUT2D eigenvalue weighted by molar-refractivity contribution is 7.12. The second kappa shape index (κ2) is 11.8. The Kier molecular flexibility index (Phi) is 10.2. The molecule has 0 bridgehead atoms. The summed E-state index contributed by atoms with van der Waals surface area (Å²) in [5, 5.41) is 1.82. The van der Waals surface area contributed by atoms with Gasteiger partial charge in [-0.1, -0.05) is 6.07 Å². The highest BCUT2D eigenvalue weighted by Crippen LogP contribution is 2.13. The summed E-state index contributed by atoms with van der Waals surface area (Å²) < 4.78 is 5.30. The first kappa shape index (κ1) is 25.0. The van der Waals surface area contributed by atoms with E-state index in [1.165, 1.54) is 16.2 Å². The van der Waals surface area contributed by atoms with Crippen LogP contribution >= 0.6 is 11.3 Å². The largest absolute Gasteiger partial charge is 0.459 e. The van der Waals surface area contributed by atoms with Crippen LogP contribution in [0.2, 0.25) is 0 Å². The van der Waals surface area contributed by atoms with Crippen molar-refractivity contribution in [2.75, 3.05) is 33.7 Å². The molecule has 162 valence electrons. The number of likely N-dealkylation sites (N-methyl/N-ethyl adjacent to an activating group) is 1. The van der Waals surface area contributed by atoms with Crippen molar-refractivity contribution >= 4 is 34.8 Å². The van der Waals surface area contributed by atoms with E-state index in [9.17, 15) is 19.2 Å². The Hall–Kier alpha value is -2.06. The van der Waals surface area contributed by atoms with Gasteiger partial charge in [0.05, 0.1) is 4.88 Å². The van der Waals surface area contributed by atoms with Crippen LogP contribution in [0.3, 0.4) is 0 Å². The summed E-state index contributed by atoms with van der Waals surface area (Å²) in [5.41, 5.74) is -0.627. The first-order chi connectivity index (χ1) is 13.5. The summed E-state index contributed by atoms with van der Waals surface area (Å²) in [6.07, 6.45) is 0.342. The van der Waals surface area contributed by atoms with Crippen LogP contribution in [0.5, 0.6) is 0 Å². The molecule has 1 aromatic rings. The van der Waals surface area contributed by atoms with Gasteiger partial charge in [0.2, 0.25) is 5.91 Å². The van der Waals surface area contributed by atoms with Gasteiger partial charge in [0, 0.05) is 38.8 Å². The van der Waals surface area contributed by atoms with Gasteiger partial charge in [-0.15, -0.1) is 11.3 Å². The first-order valence-corrected chi connectivity index (χ1v) is 10.6. The lowest BCUT2D eigenvalue weighted by Crippen LogP contribution is -2.42. The summed E-state index contributed by atoms with van der Waals surface area (Å²) in [7, 11) is 3.76. The summed E-state index contributed by atoms with van der Waals surface area (Å²) in [4.78, 5) is 52.7. The summed E-state index contributed by atoms with van der Waals surface area (Å²) in [6.45, 7) is 6.13. The molecule has 1 amide bonds. The van der Waals surface area contributed by atoms with Crippen molar-refractivity contribution in [3.05, 3.63) is 22.4 Å². The van der Waals surface area contributed by atoms with E-state index in [2.05, 4.69) is 0 Å². The zero-order valence-corrected chi connectivity index (χ0v) is 18.8. The fraction of sp³-hybridized carbons (Fsp3) is 0.619. The molecular weight excluding hydrogens is 392 g/mol. The average molecular weight is 425 g/mol. The number of Topliss-reactive ketones (excluding diaryl/α,β-unsaturated/α-hetero) is 2. The van der Waals surface area contributed by atoms with E-state index < -0.39 is 11.6 Å². The van der Waals surface area contributed by atoms with Crippen molar-refractivity contribution in [2.45, 2.75) is 52.1 Å². The molecule has 0 radical (unpaired) electrons. The average Bonchev–Trinajstić information content (AvgIpc) is 3.14. The number of ketones is 2. The summed E-state index contributed by atoms with van der Waals surface area (Å²) in [5.74, 6) is -0.932. The molecule has 1 rings (SSSR count). The number of nitrogens with zero attached hydrogens (tertiary/aromatic N) is 2. The third-order valence-corrected chi connectivity index (χ3v) is 4.87. The van der Waals surface area contributed by atoms with Crippen LogP contribution in [0.4, 0.5) is 0 Å². The van der Waals surface area contributed by atoms with E-state index in [0.717, 1.165) is 0 Å². The molecule has 0 spiro atoms. The number of amides is 1. The molecule has 1 aromatic heterocycles. The van der Waals surface area contributed by atoms with Crippen LogP contribution in [0.15, 0.2) is 17.5 Å². The van der Waals surface area contributed by atoms with Gasteiger partial charge in [-0.3, -0.25) is 19.2 Å². The number of thiophene rings is 1. The van der Waals surface area contributed by atoms with Gasteiger partial charge < -0.3 is 14.5 Å². The molecule has 7 nitrogen and oxygen atoms in total. The van der Waals surface area contributed by atoms with E-state index >= 15 is 0 Å². The molecule has 0 aromatic carbocycles. The van der Waals surface area contributed by atoms with Crippen molar-refractivity contribution in [1.29, 1.82) is 0 Å². The predicted octanol–water partition coefficient (Wildman–Crippen LogP) is 2.79. The standard InChI is InChI=1S/C21H32N2O5S/c1-21(2,3)28-20(27)15-23(13-12-22(4)5)19(26)11-9-16(24)8-10-17(25)18-7-6-14-29-18/h6-7,14H,8-13,15H2,1-5H3. The molecule has 0 aliphatic heterocycles. The molecular formula is C21H32N2O5S. The minimum atomic E-state index is -0.627. The first-order valence-electron chi connectivity index (χ1n) is 9.70. The molecule has 0 unspecified atom stereocenters. The van der Waals surface area contributed by atoms with Crippen molar-refractivity contribution in [2.24, 2.45) is 0 Å². The van der Waals surface area contributed by atoms with Gasteiger partial charge in [-0.05, 0) is 46.3 Å². The van der Waals surface area contributed by atoms with Crippen molar-refractivity contribution in [3.8, 4) is 0 Å². The van der Waals surface area contributed by atoms with Crippen LogP contribution in [-0.2, 0) is 19.1 Å². The number of hydrogen-bond donors (Lipinski definition) is 0. The molecule has 0 atom stereocenters. The van der Waals surface area contributed by atoms with Crippen molar-refractivity contribution in [1.82, 2.24) is 9.80 Å². The topological polar surface area (TPSA) is 84.0 Å². The SMILES string of the molecule is CN(C)CCN(CC(=O)OC(C)(C)C)C(=O)CCC(=O)CCC(=O)c1cccs1. The molecule has 0 saturated heterocycles. The normalized spacial score (nSPS) is 11.4. The minimum absolute atomic E-state index is 0.0161. The van der Waals surface area contributed by atoms with Gasteiger partial charge in [-0.25, -0.2) is 0 Å². The number of carbonyl (C=O) groups is 4. The Morgan fingerprint density at radius 2 is 1.66 bits per heavy atom. The van der Waals surface area contributed by atoms with E-state index in [0.29, 0.717) is 18.0 Å². The van der Waals surface area contributed by atoms with E-state index in [1.54, 1.807) is 32.9 Å². The third kappa shape index (κ3) is 10.9. The number of esters is 1. The zero-order chi connectivity index (χ0) is 22.0. The smallest absolute Gasteiger partial charge is 0.326 e. The van der Waals surface area contributed by atoms with Crippen LogP contribution in [-0.4, -0.2) is 72.6 Å². The van der Waals surface area contributed by atoms with Gasteiger partial charge in [0.15, 0.2) is 5.78 Å². The van der Waals surface area contributed by atoms with Crippen molar-refractivity contribution < 1.29 is 23.9 Å². The Morgan fingerprint density at radius 1 is 1.00 bits per heavy atom. The zero-order valence-electron chi connectivity index (χ0n) is 18.0. The van der Waals surface area contributed by atoms with Crippen LogP contribution in [0, 0.1) is 0 Å². The lowest BCUT2D eigenvalue weighted by molar-refractivity contribution is -0.159. The maximum absolute atomic E-state index is 12.6. The van der Waals surface area contributed by atoms with E-state index in [4.69, 9.17) is 4.74 Å². The van der Waals surface area contributed by atoms with Gasteiger partial charge in [0.1, 0.15) is 17.9 Å². The highest BCUT2D eigenvalue weighted by atomic mass is 32.1. The van der Waals surface area contributed by atoms with E-state index in [-0.39, 0.29) is 49.7 Å².